The summed E-state index contributed by atoms with van der Waals surface area (Å²) in [5, 5.41) is 18.4. The molecule has 0 saturated carbocycles. The van der Waals surface area contributed by atoms with E-state index in [9.17, 15) is 14.3 Å². The number of carboxylic acids is 1. The molecule has 41 heavy (non-hydrogen) atoms. The van der Waals surface area contributed by atoms with Gasteiger partial charge in [0.25, 0.3) is 0 Å². The van der Waals surface area contributed by atoms with Crippen molar-refractivity contribution in [2.45, 2.75) is 32.1 Å². The summed E-state index contributed by atoms with van der Waals surface area (Å²) in [6.07, 6.45) is 1.62. The van der Waals surface area contributed by atoms with E-state index in [4.69, 9.17) is 19.7 Å². The Hall–Kier alpha value is -5.07. The zero-order valence-corrected chi connectivity index (χ0v) is 22.0. The molecule has 6 rings (SSSR count). The van der Waals surface area contributed by atoms with Crippen molar-refractivity contribution in [2.75, 3.05) is 6.61 Å². The predicted octanol–water partition coefficient (Wildman–Crippen LogP) is 5.77. The Morgan fingerprint density at radius 3 is 2.63 bits per heavy atom. The zero-order valence-electron chi connectivity index (χ0n) is 22.0. The third-order valence-electron chi connectivity index (χ3n) is 7.15. The predicted molar refractivity (Wildman–Crippen MR) is 149 cm³/mol. The van der Waals surface area contributed by atoms with Crippen LogP contribution in [0.1, 0.15) is 39.3 Å². The summed E-state index contributed by atoms with van der Waals surface area (Å²) >= 11 is 0. The normalized spacial score (nSPS) is 14.4. The van der Waals surface area contributed by atoms with Gasteiger partial charge in [-0.15, -0.1) is 0 Å². The average Bonchev–Trinajstić information content (AvgIpc) is 3.30. The first kappa shape index (κ1) is 26.2. The summed E-state index contributed by atoms with van der Waals surface area (Å²) in [7, 11) is 0. The van der Waals surface area contributed by atoms with Crippen LogP contribution in [0.15, 0.2) is 78.9 Å². The SMILES string of the molecule is N#Cc1ccc(COc2cccc(-c3ccc(Cc4nc5ccc(C(=O)O)cc5n4C[C@@H]4CCO4)cc3)n2)c(F)c1. The minimum Gasteiger partial charge on any atom is -0.478 e. The minimum atomic E-state index is -0.971. The summed E-state index contributed by atoms with van der Waals surface area (Å²) in [5.74, 6) is -0.259. The Bertz CT molecular complexity index is 1790. The van der Waals surface area contributed by atoms with Gasteiger partial charge in [-0.25, -0.2) is 19.2 Å². The molecule has 3 heterocycles. The fourth-order valence-corrected chi connectivity index (χ4v) is 4.79. The van der Waals surface area contributed by atoms with Crippen molar-refractivity contribution >= 4 is 17.0 Å². The highest BCUT2D eigenvalue weighted by Gasteiger charge is 2.22. The van der Waals surface area contributed by atoms with Crippen molar-refractivity contribution in [1.82, 2.24) is 14.5 Å². The lowest BCUT2D eigenvalue weighted by Gasteiger charge is -2.27. The van der Waals surface area contributed by atoms with Gasteiger partial charge >= 0.3 is 5.97 Å². The number of nitrogens with zero attached hydrogens (tertiary/aromatic N) is 4. The Morgan fingerprint density at radius 2 is 1.93 bits per heavy atom. The lowest BCUT2D eigenvalue weighted by molar-refractivity contribution is -0.0589. The van der Waals surface area contributed by atoms with Crippen LogP contribution in [0.25, 0.3) is 22.3 Å². The number of imidazole rings is 1. The van der Waals surface area contributed by atoms with Crippen LogP contribution in [0, 0.1) is 17.1 Å². The van der Waals surface area contributed by atoms with Crippen LogP contribution in [-0.2, 0) is 24.3 Å². The van der Waals surface area contributed by atoms with Gasteiger partial charge < -0.3 is 19.1 Å². The number of halogens is 1. The number of fused-ring (bicyclic) bond motifs is 1. The van der Waals surface area contributed by atoms with Crippen molar-refractivity contribution in [2.24, 2.45) is 0 Å². The number of pyridine rings is 1. The van der Waals surface area contributed by atoms with Crippen molar-refractivity contribution in [3.8, 4) is 23.2 Å². The number of carbonyl (C=O) groups is 1. The monoisotopic (exact) mass is 548 g/mol. The highest BCUT2D eigenvalue weighted by atomic mass is 19.1. The van der Waals surface area contributed by atoms with Gasteiger partial charge in [0.2, 0.25) is 5.88 Å². The number of ether oxygens (including phenoxy) is 2. The van der Waals surface area contributed by atoms with E-state index in [0.29, 0.717) is 30.1 Å². The molecule has 2 aromatic heterocycles. The number of hydrogen-bond donors (Lipinski definition) is 1. The highest BCUT2D eigenvalue weighted by molar-refractivity contribution is 5.92. The van der Waals surface area contributed by atoms with E-state index < -0.39 is 11.8 Å². The van der Waals surface area contributed by atoms with Gasteiger partial charge in [0.05, 0.1) is 46.6 Å². The van der Waals surface area contributed by atoms with Crippen LogP contribution in [0.2, 0.25) is 0 Å². The summed E-state index contributed by atoms with van der Waals surface area (Å²) in [6, 6.07) is 24.6. The first-order valence-corrected chi connectivity index (χ1v) is 13.2. The molecule has 1 aliphatic heterocycles. The number of aromatic nitrogens is 3. The molecule has 0 spiro atoms. The summed E-state index contributed by atoms with van der Waals surface area (Å²) < 4.78 is 27.7. The summed E-state index contributed by atoms with van der Waals surface area (Å²) in [5.41, 5.74) is 5.01. The average molecular weight is 549 g/mol. The number of aromatic carboxylic acids is 1. The second-order valence-corrected chi connectivity index (χ2v) is 9.87. The fourth-order valence-electron chi connectivity index (χ4n) is 4.79. The van der Waals surface area contributed by atoms with Gasteiger partial charge in [0, 0.05) is 30.2 Å². The molecule has 1 aliphatic rings. The smallest absolute Gasteiger partial charge is 0.335 e. The van der Waals surface area contributed by atoms with Gasteiger partial charge in [-0.05, 0) is 48.4 Å². The van der Waals surface area contributed by atoms with Crippen LogP contribution in [-0.4, -0.2) is 38.3 Å². The second kappa shape index (κ2) is 11.2. The van der Waals surface area contributed by atoms with E-state index in [2.05, 4.69) is 9.55 Å². The van der Waals surface area contributed by atoms with E-state index in [1.165, 1.54) is 12.1 Å². The molecule has 1 fully saturated rings. The molecule has 1 saturated heterocycles. The number of hydrogen-bond acceptors (Lipinski definition) is 6. The van der Waals surface area contributed by atoms with Crippen LogP contribution in [0.5, 0.6) is 5.88 Å². The molecule has 8 nitrogen and oxygen atoms in total. The third-order valence-corrected chi connectivity index (χ3v) is 7.15. The molecule has 0 unspecified atom stereocenters. The molecule has 1 N–H and O–H groups in total. The second-order valence-electron chi connectivity index (χ2n) is 9.87. The van der Waals surface area contributed by atoms with Crippen molar-refractivity contribution < 1.29 is 23.8 Å². The molecule has 0 amide bonds. The third kappa shape index (κ3) is 5.64. The molecule has 0 aliphatic carbocycles. The molecule has 0 bridgehead atoms. The van der Waals surface area contributed by atoms with Crippen molar-refractivity contribution in [3.05, 3.63) is 113 Å². The maximum atomic E-state index is 14.2. The van der Waals surface area contributed by atoms with E-state index in [1.807, 2.05) is 42.5 Å². The number of rotatable bonds is 9. The fraction of sp³-hybridized carbons (Fsp3) is 0.188. The zero-order chi connectivity index (χ0) is 28.3. The van der Waals surface area contributed by atoms with Crippen LogP contribution >= 0.6 is 0 Å². The van der Waals surface area contributed by atoms with E-state index in [-0.39, 0.29) is 23.8 Å². The number of nitriles is 1. The molecular formula is C32H25FN4O4. The Balaban J connectivity index is 1.19. The summed E-state index contributed by atoms with van der Waals surface area (Å²) in [6.45, 7) is 1.35. The molecule has 204 valence electrons. The molecule has 5 aromatic rings. The van der Waals surface area contributed by atoms with Crippen molar-refractivity contribution in [1.29, 1.82) is 5.26 Å². The molecular weight excluding hydrogens is 523 g/mol. The van der Waals surface area contributed by atoms with Crippen molar-refractivity contribution in [3.63, 3.8) is 0 Å². The quantitative estimate of drug-likeness (QED) is 0.249. The van der Waals surface area contributed by atoms with E-state index in [0.717, 1.165) is 41.0 Å². The van der Waals surface area contributed by atoms with Crippen LogP contribution in [0.4, 0.5) is 4.39 Å². The van der Waals surface area contributed by atoms with Crippen LogP contribution in [0.3, 0.4) is 0 Å². The molecule has 0 radical (unpaired) electrons. The van der Waals surface area contributed by atoms with E-state index >= 15 is 0 Å². The maximum Gasteiger partial charge on any atom is 0.335 e. The standard InChI is InChI=1S/C32H25FN4O4/c33-26-14-21(17-34)6-9-24(26)19-41-31-3-1-2-27(36-31)22-7-4-20(5-8-22)15-30-35-28-11-10-23(32(38)39)16-29(28)37(30)18-25-12-13-40-25/h1-11,14,16,25H,12-13,15,18-19H2,(H,38,39)/t25-/m0/s1. The van der Waals surface area contributed by atoms with Crippen LogP contribution < -0.4 is 4.74 Å². The summed E-state index contributed by atoms with van der Waals surface area (Å²) in [4.78, 5) is 20.9. The van der Waals surface area contributed by atoms with Gasteiger partial charge in [-0.3, -0.25) is 0 Å². The maximum absolute atomic E-state index is 14.2. The first-order chi connectivity index (χ1) is 20.0. The largest absolute Gasteiger partial charge is 0.478 e. The minimum absolute atomic E-state index is 0.00616. The number of benzene rings is 3. The van der Waals surface area contributed by atoms with Gasteiger partial charge in [-0.1, -0.05) is 36.4 Å². The Morgan fingerprint density at radius 1 is 1.10 bits per heavy atom. The lowest BCUT2D eigenvalue weighted by Crippen LogP contribution is -2.31. The topological polar surface area (TPSA) is 110 Å². The molecule has 9 heteroatoms. The van der Waals surface area contributed by atoms with E-state index in [1.54, 1.807) is 30.3 Å². The highest BCUT2D eigenvalue weighted by Crippen LogP contribution is 2.26. The number of carboxylic acid groups (broad SMARTS) is 1. The van der Waals surface area contributed by atoms with Gasteiger partial charge in [-0.2, -0.15) is 5.26 Å². The van der Waals surface area contributed by atoms with Gasteiger partial charge in [0.15, 0.2) is 0 Å². The first-order valence-electron chi connectivity index (χ1n) is 13.2. The molecule has 3 aromatic carbocycles. The lowest BCUT2D eigenvalue weighted by atomic mass is 10.1. The molecule has 1 atom stereocenters. The van der Waals surface area contributed by atoms with Gasteiger partial charge in [0.1, 0.15) is 18.2 Å². The Labute approximate surface area is 235 Å². The Kier molecular flexibility index (Phi) is 7.15.